The van der Waals surface area contributed by atoms with Gasteiger partial charge < -0.3 is 15.4 Å². The smallest absolute Gasteiger partial charge is 0.176 e. The molecule has 2 N–H and O–H groups in total. The van der Waals surface area contributed by atoms with E-state index in [1.807, 2.05) is 25.1 Å². The monoisotopic (exact) mass is 248 g/mol. The minimum absolute atomic E-state index is 0.117. The van der Waals surface area contributed by atoms with Gasteiger partial charge >= 0.3 is 0 Å². The van der Waals surface area contributed by atoms with Crippen molar-refractivity contribution in [3.05, 3.63) is 23.8 Å². The Morgan fingerprint density at radius 3 is 3.17 bits per heavy atom. The molecule has 0 fully saturated rings. The predicted molar refractivity (Wildman–Crippen MR) is 72.5 cm³/mol. The van der Waals surface area contributed by atoms with Crippen LogP contribution in [-0.4, -0.2) is 31.5 Å². The van der Waals surface area contributed by atoms with E-state index in [0.29, 0.717) is 6.54 Å². The Kier molecular flexibility index (Phi) is 4.20. The summed E-state index contributed by atoms with van der Waals surface area (Å²) in [4.78, 5) is 11.9. The van der Waals surface area contributed by atoms with Crippen molar-refractivity contribution >= 4 is 11.5 Å². The number of fused-ring (bicyclic) bond motifs is 1. The van der Waals surface area contributed by atoms with Crippen LogP contribution in [0.4, 0.5) is 5.69 Å². The topological polar surface area (TPSA) is 50.4 Å². The van der Waals surface area contributed by atoms with Crippen LogP contribution < -0.4 is 15.4 Å². The molecule has 1 heterocycles. The number of hydrogen-bond acceptors (Lipinski definition) is 4. The van der Waals surface area contributed by atoms with Gasteiger partial charge in [-0.3, -0.25) is 4.79 Å². The number of carbonyl (C=O) groups excluding carboxylic acids is 1. The van der Waals surface area contributed by atoms with E-state index in [1.165, 1.54) is 0 Å². The molecule has 1 aromatic rings. The van der Waals surface area contributed by atoms with E-state index in [1.54, 1.807) is 0 Å². The number of carbonyl (C=O) groups is 1. The van der Waals surface area contributed by atoms with Crippen molar-refractivity contribution in [1.82, 2.24) is 5.32 Å². The van der Waals surface area contributed by atoms with Gasteiger partial charge in [0.25, 0.3) is 0 Å². The number of Topliss-reactive ketones (excluding diaryl/α,β-unsaturated/α-hetero) is 1. The van der Waals surface area contributed by atoms with Crippen molar-refractivity contribution in [2.24, 2.45) is 0 Å². The van der Waals surface area contributed by atoms with E-state index in [0.717, 1.165) is 36.5 Å². The fourth-order valence-electron chi connectivity index (χ4n) is 1.94. The van der Waals surface area contributed by atoms with E-state index >= 15 is 0 Å². The van der Waals surface area contributed by atoms with Crippen molar-refractivity contribution in [2.75, 3.05) is 25.0 Å². The van der Waals surface area contributed by atoms with Crippen LogP contribution in [-0.2, 0) is 0 Å². The summed E-state index contributed by atoms with van der Waals surface area (Å²) in [7, 11) is 0. The summed E-state index contributed by atoms with van der Waals surface area (Å²) in [6.45, 7) is 6.14. The molecule has 0 amide bonds. The molecule has 98 valence electrons. The summed E-state index contributed by atoms with van der Waals surface area (Å²) in [5.74, 6) is 0.943. The van der Waals surface area contributed by atoms with Crippen LogP contribution in [0.3, 0.4) is 0 Å². The average Bonchev–Trinajstić information content (AvgIpc) is 2.38. The Bertz CT molecular complexity index is 432. The van der Waals surface area contributed by atoms with Gasteiger partial charge in [-0.15, -0.1) is 0 Å². The maximum Gasteiger partial charge on any atom is 0.176 e. The van der Waals surface area contributed by atoms with Crippen molar-refractivity contribution in [3.8, 4) is 5.75 Å². The zero-order valence-electron chi connectivity index (χ0n) is 11.0. The molecule has 1 unspecified atom stereocenters. The van der Waals surface area contributed by atoms with Crippen molar-refractivity contribution < 1.29 is 9.53 Å². The molecule has 0 saturated heterocycles. The third-order valence-electron chi connectivity index (χ3n) is 2.92. The second-order valence-corrected chi connectivity index (χ2v) is 4.62. The summed E-state index contributed by atoms with van der Waals surface area (Å²) >= 11 is 0. The highest BCUT2D eigenvalue weighted by Crippen LogP contribution is 2.29. The molecule has 18 heavy (non-hydrogen) atoms. The van der Waals surface area contributed by atoms with Gasteiger partial charge in [0.2, 0.25) is 0 Å². The zero-order valence-corrected chi connectivity index (χ0v) is 11.0. The summed E-state index contributed by atoms with van der Waals surface area (Å²) in [6.07, 6.45) is 1.20. The first kappa shape index (κ1) is 12.9. The van der Waals surface area contributed by atoms with E-state index in [-0.39, 0.29) is 11.9 Å². The van der Waals surface area contributed by atoms with Gasteiger partial charge in [0, 0.05) is 5.56 Å². The van der Waals surface area contributed by atoms with Gasteiger partial charge in [-0.1, -0.05) is 6.92 Å². The molecule has 4 nitrogen and oxygen atoms in total. The van der Waals surface area contributed by atoms with Gasteiger partial charge in [0.05, 0.1) is 18.8 Å². The second-order valence-electron chi connectivity index (χ2n) is 4.62. The minimum Gasteiger partial charge on any atom is -0.487 e. The lowest BCUT2D eigenvalue weighted by molar-refractivity contribution is 0.0991. The van der Waals surface area contributed by atoms with Crippen LogP contribution >= 0.6 is 0 Å². The summed E-state index contributed by atoms with van der Waals surface area (Å²) in [5, 5.41) is 6.40. The number of ether oxygens (including phenoxy) is 1. The molecule has 1 aromatic carbocycles. The first-order valence-electron chi connectivity index (χ1n) is 6.49. The molecule has 0 spiro atoms. The molecular formula is C14H20N2O2. The number of anilines is 1. The first-order valence-corrected chi connectivity index (χ1v) is 6.49. The minimum atomic E-state index is 0.117. The van der Waals surface area contributed by atoms with Crippen LogP contribution in [0.2, 0.25) is 0 Å². The third-order valence-corrected chi connectivity index (χ3v) is 2.92. The zero-order chi connectivity index (χ0) is 13.0. The van der Waals surface area contributed by atoms with Crippen molar-refractivity contribution in [2.45, 2.75) is 26.4 Å². The van der Waals surface area contributed by atoms with Crippen molar-refractivity contribution in [3.63, 3.8) is 0 Å². The van der Waals surface area contributed by atoms with Crippen molar-refractivity contribution in [1.29, 1.82) is 0 Å². The average molecular weight is 248 g/mol. The molecule has 1 atom stereocenters. The molecule has 0 aromatic heterocycles. The molecule has 0 radical (unpaired) electrons. The first-order chi connectivity index (χ1) is 8.70. The summed E-state index contributed by atoms with van der Waals surface area (Å²) in [6, 6.07) is 5.57. The summed E-state index contributed by atoms with van der Waals surface area (Å²) < 4.78 is 5.68. The Hall–Kier alpha value is -1.55. The number of hydrogen-bond donors (Lipinski definition) is 2. The van der Waals surface area contributed by atoms with Crippen LogP contribution in [0.1, 0.15) is 30.6 Å². The van der Waals surface area contributed by atoms with E-state index in [9.17, 15) is 4.79 Å². The SMILES string of the molecule is CCCNCC(=O)c1ccc2c(c1)NCC(C)O2. The molecular weight excluding hydrogens is 228 g/mol. The van der Waals surface area contributed by atoms with Crippen LogP contribution in [0.15, 0.2) is 18.2 Å². The van der Waals surface area contributed by atoms with Gasteiger partial charge in [0.1, 0.15) is 11.9 Å². The van der Waals surface area contributed by atoms with E-state index in [4.69, 9.17) is 4.74 Å². The Balaban J connectivity index is 2.04. The fourth-order valence-corrected chi connectivity index (χ4v) is 1.94. The normalized spacial score (nSPS) is 17.6. The molecule has 4 heteroatoms. The molecule has 0 aliphatic carbocycles. The number of benzene rings is 1. The number of ketones is 1. The fraction of sp³-hybridized carbons (Fsp3) is 0.500. The lowest BCUT2D eigenvalue weighted by Crippen LogP contribution is -2.28. The van der Waals surface area contributed by atoms with Gasteiger partial charge in [-0.2, -0.15) is 0 Å². The molecule has 1 aliphatic rings. The maximum atomic E-state index is 11.9. The standard InChI is InChI=1S/C14H20N2O2/c1-3-6-15-9-13(17)11-4-5-14-12(7-11)16-8-10(2)18-14/h4-5,7,10,15-16H,3,6,8-9H2,1-2H3. The lowest BCUT2D eigenvalue weighted by Gasteiger charge is -2.25. The van der Waals surface area contributed by atoms with Crippen LogP contribution in [0.25, 0.3) is 0 Å². The quantitative estimate of drug-likeness (QED) is 0.618. The third kappa shape index (κ3) is 3.01. The largest absolute Gasteiger partial charge is 0.487 e. The molecule has 1 aliphatic heterocycles. The molecule has 2 rings (SSSR count). The molecule has 0 bridgehead atoms. The van der Waals surface area contributed by atoms with Gasteiger partial charge in [-0.05, 0) is 38.1 Å². The lowest BCUT2D eigenvalue weighted by atomic mass is 10.1. The van der Waals surface area contributed by atoms with E-state index < -0.39 is 0 Å². The van der Waals surface area contributed by atoms with Gasteiger partial charge in [-0.25, -0.2) is 0 Å². The number of rotatable bonds is 5. The highest BCUT2D eigenvalue weighted by atomic mass is 16.5. The highest BCUT2D eigenvalue weighted by molar-refractivity contribution is 5.98. The van der Waals surface area contributed by atoms with Gasteiger partial charge in [0.15, 0.2) is 5.78 Å². The summed E-state index contributed by atoms with van der Waals surface area (Å²) in [5.41, 5.74) is 1.64. The molecule has 0 saturated carbocycles. The Morgan fingerprint density at radius 2 is 2.39 bits per heavy atom. The van der Waals surface area contributed by atoms with Crippen LogP contribution in [0, 0.1) is 0 Å². The van der Waals surface area contributed by atoms with E-state index in [2.05, 4.69) is 17.6 Å². The highest BCUT2D eigenvalue weighted by Gasteiger charge is 2.16. The predicted octanol–water partition coefficient (Wildman–Crippen LogP) is 2.06. The van der Waals surface area contributed by atoms with Crippen LogP contribution in [0.5, 0.6) is 5.75 Å². The maximum absolute atomic E-state index is 11.9. The Morgan fingerprint density at radius 1 is 1.56 bits per heavy atom. The number of nitrogens with one attached hydrogen (secondary N) is 2. The second kappa shape index (κ2) is 5.87. The Labute approximate surface area is 108 Å².